The average molecular weight is 570 g/mol. The van der Waals surface area contributed by atoms with Crippen LogP contribution in [0.3, 0.4) is 0 Å². The van der Waals surface area contributed by atoms with Gasteiger partial charge in [0, 0.05) is 45.3 Å². The van der Waals surface area contributed by atoms with Crippen molar-refractivity contribution in [2.75, 3.05) is 45.2 Å². The van der Waals surface area contributed by atoms with E-state index in [4.69, 9.17) is 9.47 Å². The van der Waals surface area contributed by atoms with E-state index in [2.05, 4.69) is 15.3 Å². The summed E-state index contributed by atoms with van der Waals surface area (Å²) >= 11 is 0. The number of aromatic nitrogens is 2. The Labute approximate surface area is 225 Å². The second-order valence-corrected chi connectivity index (χ2v) is 8.96. The monoisotopic (exact) mass is 569 g/mol. The second kappa shape index (κ2) is 11.6. The van der Waals surface area contributed by atoms with Gasteiger partial charge < -0.3 is 24.6 Å². The van der Waals surface area contributed by atoms with Crippen molar-refractivity contribution in [2.24, 2.45) is 0 Å². The summed E-state index contributed by atoms with van der Waals surface area (Å²) in [5.41, 5.74) is -2.62. The third kappa shape index (κ3) is 6.73. The third-order valence-corrected chi connectivity index (χ3v) is 6.08. The van der Waals surface area contributed by atoms with E-state index < -0.39 is 36.1 Å². The van der Waals surface area contributed by atoms with Gasteiger partial charge in [-0.15, -0.1) is 0 Å². The minimum Gasteiger partial charge on any atom is -0.496 e. The molecule has 8 nitrogen and oxygen atoms in total. The van der Waals surface area contributed by atoms with Gasteiger partial charge in [0.15, 0.2) is 5.75 Å². The number of benzene rings is 2. The molecule has 0 aliphatic carbocycles. The highest BCUT2D eigenvalue weighted by atomic mass is 19.4. The summed E-state index contributed by atoms with van der Waals surface area (Å²) in [5, 5.41) is 3.23. The molecule has 0 spiro atoms. The normalized spacial score (nSPS) is 14.2. The van der Waals surface area contributed by atoms with Crippen LogP contribution in [-0.4, -0.2) is 61.3 Å². The van der Waals surface area contributed by atoms with Crippen LogP contribution in [0.4, 0.5) is 37.1 Å². The Hall–Kier alpha value is -4.07. The Morgan fingerprint density at radius 2 is 1.62 bits per heavy atom. The molecule has 1 saturated heterocycles. The van der Waals surface area contributed by atoms with E-state index in [9.17, 15) is 31.1 Å². The van der Waals surface area contributed by atoms with Crippen molar-refractivity contribution in [2.45, 2.75) is 18.9 Å². The first-order valence-corrected chi connectivity index (χ1v) is 12.0. The Bertz CT molecular complexity index is 1330. The molecule has 1 aliphatic rings. The van der Waals surface area contributed by atoms with Gasteiger partial charge in [0.1, 0.15) is 11.4 Å². The lowest BCUT2D eigenvalue weighted by molar-refractivity contribution is -0.143. The van der Waals surface area contributed by atoms with Crippen LogP contribution in [0.2, 0.25) is 0 Å². The molecule has 1 aliphatic heterocycles. The molecule has 0 atom stereocenters. The molecule has 1 N–H and O–H groups in total. The number of hydrogen-bond donors (Lipinski definition) is 1. The van der Waals surface area contributed by atoms with E-state index in [0.717, 1.165) is 18.0 Å². The van der Waals surface area contributed by atoms with Gasteiger partial charge in [-0.05, 0) is 35.9 Å². The summed E-state index contributed by atoms with van der Waals surface area (Å²) in [6.45, 7) is 2.14. The lowest BCUT2D eigenvalue weighted by atomic mass is 10.0. The number of nitrogens with zero attached hydrogens (tertiary/aromatic N) is 4. The summed E-state index contributed by atoms with van der Waals surface area (Å²) < 4.78 is 90.4. The molecule has 0 bridgehead atoms. The van der Waals surface area contributed by atoms with Crippen molar-refractivity contribution in [3.63, 3.8) is 0 Å². The molecule has 2 heterocycles. The lowest BCUT2D eigenvalue weighted by Gasteiger charge is -2.28. The summed E-state index contributed by atoms with van der Waals surface area (Å²) in [6, 6.07) is 8.00. The van der Waals surface area contributed by atoms with E-state index in [1.807, 2.05) is 4.90 Å². The molecule has 1 fully saturated rings. The Kier molecular flexibility index (Phi) is 8.37. The average Bonchev–Trinajstić information content (AvgIpc) is 2.92. The molecule has 0 saturated carbocycles. The summed E-state index contributed by atoms with van der Waals surface area (Å²) in [5.74, 6) is 0.751. The molecule has 14 heteroatoms. The van der Waals surface area contributed by atoms with Crippen molar-refractivity contribution in [3.05, 3.63) is 65.4 Å². The fourth-order valence-electron chi connectivity index (χ4n) is 4.11. The number of carbonyl (C=O) groups is 1. The maximum absolute atomic E-state index is 13.3. The van der Waals surface area contributed by atoms with Crippen LogP contribution in [0.25, 0.3) is 11.3 Å². The Morgan fingerprint density at radius 3 is 2.23 bits per heavy atom. The van der Waals surface area contributed by atoms with Crippen molar-refractivity contribution >= 4 is 12.0 Å². The maximum Gasteiger partial charge on any atom is 0.416 e. The van der Waals surface area contributed by atoms with Crippen LogP contribution in [0.5, 0.6) is 11.5 Å². The van der Waals surface area contributed by atoms with Crippen molar-refractivity contribution in [1.82, 2.24) is 20.2 Å². The van der Waals surface area contributed by atoms with E-state index in [0.29, 0.717) is 42.5 Å². The number of piperazine rings is 1. The number of carbonyl (C=O) groups excluding carboxylic acids is 1. The number of rotatable bonds is 6. The van der Waals surface area contributed by atoms with Crippen molar-refractivity contribution in [1.29, 1.82) is 0 Å². The minimum absolute atomic E-state index is 0.0264. The highest BCUT2D eigenvalue weighted by molar-refractivity contribution is 5.78. The van der Waals surface area contributed by atoms with Gasteiger partial charge in [-0.2, -0.15) is 26.3 Å². The van der Waals surface area contributed by atoms with E-state index >= 15 is 0 Å². The quantitative estimate of drug-likeness (QED) is 0.408. The van der Waals surface area contributed by atoms with Gasteiger partial charge in [-0.3, -0.25) is 0 Å². The Balaban J connectivity index is 1.63. The summed E-state index contributed by atoms with van der Waals surface area (Å²) in [4.78, 5) is 24.7. The highest BCUT2D eigenvalue weighted by Gasteiger charge is 2.37. The van der Waals surface area contributed by atoms with Crippen molar-refractivity contribution in [3.8, 4) is 22.8 Å². The first kappa shape index (κ1) is 28.9. The van der Waals surface area contributed by atoms with Crippen LogP contribution in [0.15, 0.2) is 48.7 Å². The third-order valence-electron chi connectivity index (χ3n) is 6.08. The largest absolute Gasteiger partial charge is 0.496 e. The van der Waals surface area contributed by atoms with Gasteiger partial charge in [0.25, 0.3) is 0 Å². The molecular formula is C26H25F6N5O3. The van der Waals surface area contributed by atoms with Gasteiger partial charge in [0.2, 0.25) is 5.95 Å². The zero-order valence-corrected chi connectivity index (χ0v) is 21.4. The fourth-order valence-corrected chi connectivity index (χ4v) is 4.11. The molecule has 2 aromatic carbocycles. The molecule has 0 radical (unpaired) electrons. The van der Waals surface area contributed by atoms with E-state index in [1.54, 1.807) is 24.3 Å². The minimum atomic E-state index is -5.01. The number of para-hydroxylation sites is 1. The molecule has 4 rings (SSSR count). The van der Waals surface area contributed by atoms with Gasteiger partial charge in [-0.25, -0.2) is 14.8 Å². The molecule has 40 heavy (non-hydrogen) atoms. The molecular weight excluding hydrogens is 544 g/mol. The summed E-state index contributed by atoms with van der Waals surface area (Å²) in [7, 11) is 2.65. The zero-order valence-electron chi connectivity index (χ0n) is 21.4. The fraction of sp³-hybridized carbons (Fsp3) is 0.346. The standard InChI is InChI=1S/C26H25F6N5O3/c1-36(15-16-11-17(25(27,28)29)13-18(12-16)26(30,31)32)24(38)40-21-14-34-23(37-9-7-33-8-10-37)35-22(21)19-5-3-4-6-20(19)39-2/h3-6,11-14,33H,7-10,15H2,1-2H3. The maximum atomic E-state index is 13.3. The SMILES string of the molecule is COc1ccccc1-c1nc(N2CCNCC2)ncc1OC(=O)N(C)Cc1cc(C(F)(F)F)cc(C(F)(F)F)c1. The number of halogens is 6. The first-order chi connectivity index (χ1) is 18.9. The van der Waals surface area contributed by atoms with Crippen LogP contribution >= 0.6 is 0 Å². The Morgan fingerprint density at radius 1 is 1.00 bits per heavy atom. The van der Waals surface area contributed by atoms with Crippen LogP contribution < -0.4 is 19.7 Å². The molecule has 214 valence electrons. The molecule has 0 unspecified atom stereocenters. The van der Waals surface area contributed by atoms with Gasteiger partial charge in [-0.1, -0.05) is 12.1 Å². The summed E-state index contributed by atoms with van der Waals surface area (Å²) in [6.07, 6.45) is -9.77. The molecule has 3 aromatic rings. The van der Waals surface area contributed by atoms with Crippen LogP contribution in [0, 0.1) is 0 Å². The number of alkyl halides is 6. The van der Waals surface area contributed by atoms with Crippen LogP contribution in [-0.2, 0) is 18.9 Å². The lowest BCUT2D eigenvalue weighted by Crippen LogP contribution is -2.44. The number of anilines is 1. The number of methoxy groups -OCH3 is 1. The van der Waals surface area contributed by atoms with Gasteiger partial charge >= 0.3 is 18.4 Å². The van der Waals surface area contributed by atoms with E-state index in [1.165, 1.54) is 20.4 Å². The zero-order chi connectivity index (χ0) is 29.1. The predicted octanol–water partition coefficient (Wildman–Crippen LogP) is 5.23. The molecule has 1 aromatic heterocycles. The van der Waals surface area contributed by atoms with Crippen LogP contribution in [0.1, 0.15) is 16.7 Å². The van der Waals surface area contributed by atoms with E-state index in [-0.39, 0.29) is 23.1 Å². The second-order valence-electron chi connectivity index (χ2n) is 8.96. The molecule has 1 amide bonds. The van der Waals surface area contributed by atoms with Gasteiger partial charge in [0.05, 0.1) is 24.4 Å². The predicted molar refractivity (Wildman–Crippen MR) is 133 cm³/mol. The number of ether oxygens (including phenoxy) is 2. The number of nitrogens with one attached hydrogen (secondary N) is 1. The van der Waals surface area contributed by atoms with Crippen molar-refractivity contribution < 1.29 is 40.6 Å². The number of amides is 1. The number of hydrogen-bond acceptors (Lipinski definition) is 7. The highest BCUT2D eigenvalue weighted by Crippen LogP contribution is 2.38. The topological polar surface area (TPSA) is 79.8 Å². The smallest absolute Gasteiger partial charge is 0.416 e. The first-order valence-electron chi connectivity index (χ1n) is 12.0.